The molecule has 0 heterocycles. The predicted octanol–water partition coefficient (Wildman–Crippen LogP) is 2.96. The molecular weight excluding hydrogens is 300 g/mol. The minimum absolute atomic E-state index is 0. The molecule has 5 heteroatoms. The van der Waals surface area contributed by atoms with Crippen LogP contribution < -0.4 is 11.1 Å². The monoisotopic (exact) mass is 326 g/mol. The average Bonchev–Trinajstić information content (AvgIpc) is 2.53. The molecule has 0 aromatic heterocycles. The zero-order valence-electron chi connectivity index (χ0n) is 13.0. The molecule has 1 aromatic carbocycles. The molecule has 1 aliphatic carbocycles. The fourth-order valence-corrected chi connectivity index (χ4v) is 2.74. The molecule has 0 aliphatic heterocycles. The van der Waals surface area contributed by atoms with Crippen molar-refractivity contribution in [3.05, 3.63) is 35.9 Å². The third kappa shape index (κ3) is 6.77. The van der Waals surface area contributed by atoms with Crippen molar-refractivity contribution in [1.29, 1.82) is 0 Å². The first-order valence-electron chi connectivity index (χ1n) is 7.94. The molecule has 1 unspecified atom stereocenters. The molecule has 1 amide bonds. The van der Waals surface area contributed by atoms with Gasteiger partial charge in [0.05, 0.1) is 12.7 Å². The van der Waals surface area contributed by atoms with Gasteiger partial charge in [0.2, 0.25) is 5.91 Å². The summed E-state index contributed by atoms with van der Waals surface area (Å²) < 4.78 is 5.78. The van der Waals surface area contributed by atoms with E-state index in [9.17, 15) is 4.79 Å². The molecule has 0 bridgehead atoms. The first-order chi connectivity index (χ1) is 10.3. The number of benzene rings is 1. The molecule has 1 atom stereocenters. The van der Waals surface area contributed by atoms with Crippen LogP contribution >= 0.6 is 12.4 Å². The minimum atomic E-state index is -0.245. The fraction of sp³-hybridized carbons (Fsp3) is 0.588. The zero-order chi connectivity index (χ0) is 14.9. The molecule has 4 nitrogen and oxygen atoms in total. The molecule has 2 rings (SSSR count). The SMILES string of the molecule is Cl.NC(CC(=O)NCCOC1CCCCC1)c1ccccc1. The van der Waals surface area contributed by atoms with Crippen LogP contribution in [0, 0.1) is 0 Å². The van der Waals surface area contributed by atoms with E-state index in [0.717, 1.165) is 18.4 Å². The highest BCUT2D eigenvalue weighted by atomic mass is 35.5. The van der Waals surface area contributed by atoms with Crippen LogP contribution in [-0.4, -0.2) is 25.2 Å². The van der Waals surface area contributed by atoms with Crippen LogP contribution in [0.3, 0.4) is 0 Å². The van der Waals surface area contributed by atoms with E-state index in [2.05, 4.69) is 5.32 Å². The van der Waals surface area contributed by atoms with E-state index in [0.29, 0.717) is 25.7 Å². The zero-order valence-corrected chi connectivity index (χ0v) is 13.8. The van der Waals surface area contributed by atoms with Gasteiger partial charge in [-0.1, -0.05) is 49.6 Å². The van der Waals surface area contributed by atoms with Gasteiger partial charge in [-0.05, 0) is 18.4 Å². The predicted molar refractivity (Wildman–Crippen MR) is 91.1 cm³/mol. The van der Waals surface area contributed by atoms with Gasteiger partial charge in [0.25, 0.3) is 0 Å². The van der Waals surface area contributed by atoms with Gasteiger partial charge in [0, 0.05) is 19.0 Å². The Morgan fingerprint density at radius 1 is 1.23 bits per heavy atom. The van der Waals surface area contributed by atoms with Crippen LogP contribution in [0.1, 0.15) is 50.1 Å². The van der Waals surface area contributed by atoms with Gasteiger partial charge >= 0.3 is 0 Å². The summed E-state index contributed by atoms with van der Waals surface area (Å²) in [5.41, 5.74) is 7.02. The number of carbonyl (C=O) groups is 1. The lowest BCUT2D eigenvalue weighted by Crippen LogP contribution is -2.31. The number of hydrogen-bond donors (Lipinski definition) is 2. The van der Waals surface area contributed by atoms with E-state index in [1.54, 1.807) is 0 Å². The first kappa shape index (κ1) is 18.9. The van der Waals surface area contributed by atoms with Crippen LogP contribution in [0.4, 0.5) is 0 Å². The summed E-state index contributed by atoms with van der Waals surface area (Å²) in [6.45, 7) is 1.16. The Morgan fingerprint density at radius 2 is 1.91 bits per heavy atom. The van der Waals surface area contributed by atoms with Crippen LogP contribution in [0.2, 0.25) is 0 Å². The Kier molecular flexibility index (Phi) is 9.13. The van der Waals surface area contributed by atoms with Crippen molar-refractivity contribution in [2.75, 3.05) is 13.2 Å². The summed E-state index contributed by atoms with van der Waals surface area (Å²) in [6, 6.07) is 9.47. The van der Waals surface area contributed by atoms with Gasteiger partial charge in [-0.15, -0.1) is 12.4 Å². The van der Waals surface area contributed by atoms with E-state index in [1.165, 1.54) is 19.3 Å². The Morgan fingerprint density at radius 3 is 2.59 bits per heavy atom. The molecule has 1 fully saturated rings. The van der Waals surface area contributed by atoms with Crippen molar-refractivity contribution >= 4 is 18.3 Å². The molecular formula is C17H27ClN2O2. The lowest BCUT2D eigenvalue weighted by molar-refractivity contribution is -0.121. The maximum absolute atomic E-state index is 11.8. The maximum atomic E-state index is 11.8. The van der Waals surface area contributed by atoms with Crippen molar-refractivity contribution in [3.8, 4) is 0 Å². The Balaban J connectivity index is 0.00000242. The maximum Gasteiger partial charge on any atom is 0.221 e. The Labute approximate surface area is 139 Å². The summed E-state index contributed by atoms with van der Waals surface area (Å²) in [6.07, 6.45) is 6.88. The molecule has 1 aliphatic rings. The number of halogens is 1. The lowest BCUT2D eigenvalue weighted by Gasteiger charge is -2.22. The molecule has 1 saturated carbocycles. The molecule has 1 aromatic rings. The number of amides is 1. The number of hydrogen-bond acceptors (Lipinski definition) is 3. The Bertz CT molecular complexity index is 422. The summed E-state index contributed by atoms with van der Waals surface area (Å²) in [5.74, 6) is -0.0152. The van der Waals surface area contributed by atoms with Crippen LogP contribution in [-0.2, 0) is 9.53 Å². The number of ether oxygens (including phenoxy) is 1. The number of nitrogens with one attached hydrogen (secondary N) is 1. The highest BCUT2D eigenvalue weighted by Crippen LogP contribution is 2.19. The molecule has 0 saturated heterocycles. The van der Waals surface area contributed by atoms with E-state index < -0.39 is 0 Å². The van der Waals surface area contributed by atoms with Gasteiger partial charge in [-0.3, -0.25) is 4.79 Å². The lowest BCUT2D eigenvalue weighted by atomic mass is 9.98. The van der Waals surface area contributed by atoms with Crippen molar-refractivity contribution in [3.63, 3.8) is 0 Å². The van der Waals surface area contributed by atoms with Crippen molar-refractivity contribution in [1.82, 2.24) is 5.32 Å². The molecule has 22 heavy (non-hydrogen) atoms. The summed E-state index contributed by atoms with van der Waals surface area (Å²) in [5, 5.41) is 2.88. The van der Waals surface area contributed by atoms with Crippen LogP contribution in [0.25, 0.3) is 0 Å². The van der Waals surface area contributed by atoms with Crippen LogP contribution in [0.15, 0.2) is 30.3 Å². The average molecular weight is 327 g/mol. The third-order valence-electron chi connectivity index (χ3n) is 3.96. The molecule has 0 spiro atoms. The number of rotatable bonds is 7. The highest BCUT2D eigenvalue weighted by Gasteiger charge is 2.14. The second-order valence-electron chi connectivity index (χ2n) is 5.70. The van der Waals surface area contributed by atoms with Crippen LogP contribution in [0.5, 0.6) is 0 Å². The van der Waals surface area contributed by atoms with Gasteiger partial charge in [-0.25, -0.2) is 0 Å². The smallest absolute Gasteiger partial charge is 0.221 e. The normalized spacial score (nSPS) is 16.6. The fourth-order valence-electron chi connectivity index (χ4n) is 2.74. The third-order valence-corrected chi connectivity index (χ3v) is 3.96. The molecule has 124 valence electrons. The molecule has 3 N–H and O–H groups in total. The minimum Gasteiger partial charge on any atom is -0.376 e. The van der Waals surface area contributed by atoms with E-state index in [1.807, 2.05) is 30.3 Å². The van der Waals surface area contributed by atoms with Gasteiger partial charge in [0.15, 0.2) is 0 Å². The van der Waals surface area contributed by atoms with Gasteiger partial charge < -0.3 is 15.8 Å². The number of carbonyl (C=O) groups excluding carboxylic acids is 1. The van der Waals surface area contributed by atoms with E-state index in [-0.39, 0.29) is 24.4 Å². The van der Waals surface area contributed by atoms with Crippen molar-refractivity contribution in [2.24, 2.45) is 5.73 Å². The number of nitrogens with two attached hydrogens (primary N) is 1. The largest absolute Gasteiger partial charge is 0.376 e. The molecule has 0 radical (unpaired) electrons. The second-order valence-corrected chi connectivity index (χ2v) is 5.70. The standard InChI is InChI=1S/C17H26N2O2.ClH/c18-16(14-7-3-1-4-8-14)13-17(20)19-11-12-21-15-9-5-2-6-10-15;/h1,3-4,7-8,15-16H,2,5-6,9-13,18H2,(H,19,20);1H. The van der Waals surface area contributed by atoms with Crippen molar-refractivity contribution in [2.45, 2.75) is 50.7 Å². The van der Waals surface area contributed by atoms with Gasteiger partial charge in [0.1, 0.15) is 0 Å². The Hall–Kier alpha value is -1.10. The first-order valence-corrected chi connectivity index (χ1v) is 7.94. The van der Waals surface area contributed by atoms with Gasteiger partial charge in [-0.2, -0.15) is 0 Å². The highest BCUT2D eigenvalue weighted by molar-refractivity contribution is 5.85. The summed E-state index contributed by atoms with van der Waals surface area (Å²) in [7, 11) is 0. The summed E-state index contributed by atoms with van der Waals surface area (Å²) >= 11 is 0. The second kappa shape index (κ2) is 10.6. The van der Waals surface area contributed by atoms with E-state index in [4.69, 9.17) is 10.5 Å². The topological polar surface area (TPSA) is 64.4 Å². The summed E-state index contributed by atoms with van der Waals surface area (Å²) in [4.78, 5) is 11.8. The quantitative estimate of drug-likeness (QED) is 0.757. The van der Waals surface area contributed by atoms with E-state index >= 15 is 0 Å². The van der Waals surface area contributed by atoms with Crippen molar-refractivity contribution < 1.29 is 9.53 Å².